The molecule has 36 heavy (non-hydrogen) atoms. The van der Waals surface area contributed by atoms with Crippen LogP contribution < -0.4 is 5.32 Å². The van der Waals surface area contributed by atoms with Crippen molar-refractivity contribution in [1.29, 1.82) is 0 Å². The summed E-state index contributed by atoms with van der Waals surface area (Å²) in [4.78, 5) is 42.6. The lowest BCUT2D eigenvalue weighted by Crippen LogP contribution is -2.44. The minimum atomic E-state index is -4.59. The van der Waals surface area contributed by atoms with Gasteiger partial charge in [-0.2, -0.15) is 8.42 Å². The second kappa shape index (κ2) is 13.2. The van der Waals surface area contributed by atoms with E-state index in [1.165, 1.54) is 21.6 Å². The Labute approximate surface area is 219 Å². The highest BCUT2D eigenvalue weighted by molar-refractivity contribution is 8.76. The predicted octanol–water partition coefficient (Wildman–Crippen LogP) is 4.10. The number of carbonyl (C=O) groups is 3. The highest BCUT2D eigenvalue weighted by Gasteiger charge is 2.40. The maximum atomic E-state index is 13.0. The topological polar surface area (TPSA) is 134 Å². The van der Waals surface area contributed by atoms with Crippen molar-refractivity contribution >= 4 is 49.4 Å². The number of carbonyl (C=O) groups excluding carboxylic acids is 3. The molecule has 0 bridgehead atoms. The van der Waals surface area contributed by atoms with Crippen molar-refractivity contribution in [3.05, 3.63) is 53.7 Å². The van der Waals surface area contributed by atoms with Crippen LogP contribution in [0.1, 0.15) is 61.4 Å². The van der Waals surface area contributed by atoms with Crippen LogP contribution in [0.15, 0.2) is 52.5 Å². The van der Waals surface area contributed by atoms with Crippen LogP contribution in [0.3, 0.4) is 0 Å². The second-order valence-electron chi connectivity index (χ2n) is 8.21. The zero-order valence-electron chi connectivity index (χ0n) is 19.9. The number of hydrogen-bond donors (Lipinski definition) is 2. The Bertz CT molecular complexity index is 1170. The van der Waals surface area contributed by atoms with Gasteiger partial charge in [0.15, 0.2) is 5.37 Å². The Morgan fingerprint density at radius 1 is 1.08 bits per heavy atom. The van der Waals surface area contributed by atoms with Crippen molar-refractivity contribution < 1.29 is 27.4 Å². The molecular weight excluding hydrogens is 522 g/mol. The Balaban J connectivity index is 1.52. The molecule has 12 heteroatoms. The molecule has 1 aromatic heterocycles. The number of aromatic nitrogens is 1. The van der Waals surface area contributed by atoms with Crippen LogP contribution in [0, 0.1) is 0 Å². The lowest BCUT2D eigenvalue weighted by molar-refractivity contribution is -0.139. The Morgan fingerprint density at radius 2 is 1.83 bits per heavy atom. The monoisotopic (exact) mass is 551 g/mol. The van der Waals surface area contributed by atoms with Gasteiger partial charge in [0.1, 0.15) is 5.03 Å². The Kier molecular flexibility index (Phi) is 10.3. The van der Waals surface area contributed by atoms with E-state index in [-0.39, 0.29) is 25.2 Å². The summed E-state index contributed by atoms with van der Waals surface area (Å²) in [5.41, 5.74) is 1.57. The maximum Gasteiger partial charge on any atom is 0.286 e. The van der Waals surface area contributed by atoms with Crippen LogP contribution in [-0.4, -0.2) is 52.5 Å². The highest BCUT2D eigenvalue weighted by Crippen LogP contribution is 2.39. The van der Waals surface area contributed by atoms with Gasteiger partial charge in [0.25, 0.3) is 16.0 Å². The molecule has 1 fully saturated rings. The highest BCUT2D eigenvalue weighted by atomic mass is 33.1. The summed E-state index contributed by atoms with van der Waals surface area (Å²) in [5, 5.41) is 2.23. The van der Waals surface area contributed by atoms with E-state index in [0.717, 1.165) is 15.5 Å². The van der Waals surface area contributed by atoms with E-state index in [1.807, 2.05) is 43.3 Å². The Morgan fingerprint density at radius 3 is 2.47 bits per heavy atom. The first-order valence-corrected chi connectivity index (χ1v) is 15.3. The molecule has 1 aliphatic rings. The average molecular weight is 552 g/mol. The summed E-state index contributed by atoms with van der Waals surface area (Å²) in [5.74, 6) is -1.35. The molecular formula is C24H29N3O6S3. The first-order chi connectivity index (χ1) is 17.2. The lowest BCUT2D eigenvalue weighted by atomic mass is 10.0. The summed E-state index contributed by atoms with van der Waals surface area (Å²) in [6, 6.07) is 11.4. The zero-order valence-corrected chi connectivity index (χ0v) is 22.3. The van der Waals surface area contributed by atoms with Crippen LogP contribution >= 0.6 is 21.6 Å². The van der Waals surface area contributed by atoms with E-state index < -0.39 is 27.3 Å². The number of amides is 3. The normalized spacial score (nSPS) is 14.8. The van der Waals surface area contributed by atoms with Crippen molar-refractivity contribution in [1.82, 2.24) is 15.2 Å². The summed E-state index contributed by atoms with van der Waals surface area (Å²) in [6.07, 6.45) is 3.78. The zero-order chi connectivity index (χ0) is 26.1. The van der Waals surface area contributed by atoms with Gasteiger partial charge >= 0.3 is 0 Å². The van der Waals surface area contributed by atoms with Crippen LogP contribution in [0.4, 0.5) is 0 Å². The third kappa shape index (κ3) is 7.55. The molecule has 1 aromatic carbocycles. The van der Waals surface area contributed by atoms with E-state index in [2.05, 4.69) is 10.3 Å². The molecule has 9 nitrogen and oxygen atoms in total. The maximum absolute atomic E-state index is 13.0. The first kappa shape index (κ1) is 28.2. The number of pyridine rings is 1. The smallest absolute Gasteiger partial charge is 0.286 e. The standard InChI is InChI=1S/C24H29N3O6S3/c1-2-17-9-8-10-18(34-35-19-11-5-7-15-25-19)23(17)24(30)26-16-6-3-4-12-22(36(31,32)33)27-20(28)13-14-21(27)29/h5,7-11,15,22H,2-4,6,12-14,16H2,1H3,(H,26,30)(H,31,32,33). The fourth-order valence-electron chi connectivity index (χ4n) is 3.92. The van der Waals surface area contributed by atoms with Gasteiger partial charge in [0.05, 0.1) is 5.56 Å². The number of rotatable bonds is 13. The molecule has 2 N–H and O–H groups in total. The third-order valence-corrected chi connectivity index (χ3v) is 9.16. The number of nitrogens with one attached hydrogen (secondary N) is 1. The van der Waals surface area contributed by atoms with Gasteiger partial charge in [-0.25, -0.2) is 4.98 Å². The molecule has 0 saturated carbocycles. The molecule has 1 atom stereocenters. The number of unbranched alkanes of at least 4 members (excludes halogenated alkanes) is 2. The summed E-state index contributed by atoms with van der Waals surface area (Å²) >= 11 is 0. The van der Waals surface area contributed by atoms with Crippen molar-refractivity contribution in [3.63, 3.8) is 0 Å². The Hall–Kier alpha value is -2.41. The number of nitrogens with zero attached hydrogens (tertiary/aromatic N) is 2. The predicted molar refractivity (Wildman–Crippen MR) is 139 cm³/mol. The first-order valence-electron chi connectivity index (χ1n) is 11.7. The molecule has 1 saturated heterocycles. The van der Waals surface area contributed by atoms with Gasteiger partial charge in [0.2, 0.25) is 11.8 Å². The fourth-order valence-corrected chi connectivity index (χ4v) is 6.98. The van der Waals surface area contributed by atoms with Crippen molar-refractivity contribution in [2.24, 2.45) is 0 Å². The van der Waals surface area contributed by atoms with E-state index in [9.17, 15) is 27.4 Å². The van der Waals surface area contributed by atoms with Gasteiger partial charge in [0, 0.05) is 30.5 Å². The molecule has 3 rings (SSSR count). The molecule has 2 aromatic rings. The van der Waals surface area contributed by atoms with Crippen molar-refractivity contribution in [3.8, 4) is 0 Å². The van der Waals surface area contributed by atoms with Gasteiger partial charge in [-0.15, -0.1) is 0 Å². The van der Waals surface area contributed by atoms with Crippen LogP contribution in [0.5, 0.6) is 0 Å². The molecule has 3 amide bonds. The number of hydrogen-bond acceptors (Lipinski definition) is 8. The minimum Gasteiger partial charge on any atom is -0.352 e. The largest absolute Gasteiger partial charge is 0.352 e. The molecule has 1 unspecified atom stereocenters. The molecule has 0 aliphatic carbocycles. The molecule has 1 aliphatic heterocycles. The summed E-state index contributed by atoms with van der Waals surface area (Å²) in [6.45, 7) is 2.38. The van der Waals surface area contributed by atoms with Gasteiger partial charge < -0.3 is 5.32 Å². The summed E-state index contributed by atoms with van der Waals surface area (Å²) in [7, 11) is -1.63. The van der Waals surface area contributed by atoms with Crippen LogP contribution in [0.25, 0.3) is 0 Å². The minimum absolute atomic E-state index is 0.0449. The van der Waals surface area contributed by atoms with Crippen molar-refractivity contribution in [2.45, 2.75) is 67.2 Å². The quantitative estimate of drug-likeness (QED) is 0.163. The second-order valence-corrected chi connectivity index (χ2v) is 12.0. The third-order valence-electron chi connectivity index (χ3n) is 5.71. The molecule has 2 heterocycles. The van der Waals surface area contributed by atoms with Gasteiger partial charge in [-0.05, 0) is 53.8 Å². The number of benzene rings is 1. The molecule has 194 valence electrons. The summed E-state index contributed by atoms with van der Waals surface area (Å²) < 4.78 is 33.0. The van der Waals surface area contributed by atoms with Gasteiger partial charge in [-0.1, -0.05) is 48.8 Å². The van der Waals surface area contributed by atoms with Crippen molar-refractivity contribution in [2.75, 3.05) is 6.54 Å². The molecule has 0 spiro atoms. The number of likely N-dealkylation sites (tertiary alicyclic amines) is 1. The van der Waals surface area contributed by atoms with E-state index >= 15 is 0 Å². The van der Waals surface area contributed by atoms with Crippen LogP contribution in [-0.2, 0) is 26.1 Å². The number of aryl methyl sites for hydroxylation is 1. The van der Waals surface area contributed by atoms with Gasteiger partial charge in [-0.3, -0.25) is 23.8 Å². The average Bonchev–Trinajstić information content (AvgIpc) is 3.19. The van der Waals surface area contributed by atoms with Crippen LogP contribution in [0.2, 0.25) is 0 Å². The fraction of sp³-hybridized carbons (Fsp3) is 0.417. The number of imide groups is 1. The van der Waals surface area contributed by atoms with E-state index in [1.54, 1.807) is 6.20 Å². The lowest BCUT2D eigenvalue weighted by Gasteiger charge is -2.23. The molecule has 0 radical (unpaired) electrons. The SMILES string of the molecule is CCc1cccc(SSc2ccccn2)c1C(=O)NCCCCCC(N1C(=O)CCC1=O)S(=O)(=O)O. The van der Waals surface area contributed by atoms with E-state index in [0.29, 0.717) is 42.7 Å². The van der Waals surface area contributed by atoms with E-state index in [4.69, 9.17) is 0 Å².